The van der Waals surface area contributed by atoms with E-state index in [0.717, 1.165) is 34.1 Å². The van der Waals surface area contributed by atoms with Gasteiger partial charge in [-0.1, -0.05) is 15.9 Å². The Balaban J connectivity index is 1.73. The summed E-state index contributed by atoms with van der Waals surface area (Å²) in [7, 11) is 0. The highest BCUT2D eigenvalue weighted by molar-refractivity contribution is 9.10. The third-order valence-electron chi connectivity index (χ3n) is 4.05. The van der Waals surface area contributed by atoms with Gasteiger partial charge in [-0.3, -0.25) is 4.79 Å². The fourth-order valence-corrected chi connectivity index (χ4v) is 3.19. The first-order valence-corrected chi connectivity index (χ1v) is 8.12. The maximum atomic E-state index is 12.3. The number of carbonyl (C=O) groups excluding carboxylic acids is 1. The van der Waals surface area contributed by atoms with E-state index in [4.69, 9.17) is 4.42 Å². The molecular weight excluding hydrogens is 332 g/mol. The van der Waals surface area contributed by atoms with Gasteiger partial charge in [0.15, 0.2) is 5.76 Å². The molecule has 2 aromatic rings. The van der Waals surface area contributed by atoms with Crippen LogP contribution in [-0.2, 0) is 0 Å². The first-order valence-electron chi connectivity index (χ1n) is 7.32. The Hall–Kier alpha value is -1.33. The van der Waals surface area contributed by atoms with Crippen molar-refractivity contribution in [1.82, 2.24) is 10.6 Å². The topological polar surface area (TPSA) is 54.3 Å². The van der Waals surface area contributed by atoms with Gasteiger partial charge in [-0.05, 0) is 57.0 Å². The Morgan fingerprint density at radius 1 is 1.52 bits per heavy atom. The third-order valence-corrected chi connectivity index (χ3v) is 4.55. The maximum Gasteiger partial charge on any atom is 0.287 e. The zero-order chi connectivity index (χ0) is 14.8. The van der Waals surface area contributed by atoms with Crippen LogP contribution in [0.3, 0.4) is 0 Å². The molecule has 1 saturated heterocycles. The Morgan fingerprint density at radius 2 is 2.38 bits per heavy atom. The van der Waals surface area contributed by atoms with Crippen molar-refractivity contribution < 1.29 is 9.21 Å². The van der Waals surface area contributed by atoms with Gasteiger partial charge in [-0.25, -0.2) is 0 Å². The van der Waals surface area contributed by atoms with E-state index in [0.29, 0.717) is 18.2 Å². The number of halogens is 1. The van der Waals surface area contributed by atoms with Crippen LogP contribution in [0.1, 0.15) is 29.0 Å². The molecule has 1 aromatic carbocycles. The molecule has 0 bridgehead atoms. The van der Waals surface area contributed by atoms with Crippen LogP contribution in [0.15, 0.2) is 27.1 Å². The largest absolute Gasteiger partial charge is 0.451 e. The van der Waals surface area contributed by atoms with Gasteiger partial charge < -0.3 is 15.1 Å². The van der Waals surface area contributed by atoms with Crippen molar-refractivity contribution in [1.29, 1.82) is 0 Å². The summed E-state index contributed by atoms with van der Waals surface area (Å²) in [6.07, 6.45) is 2.34. The van der Waals surface area contributed by atoms with Crippen molar-refractivity contribution >= 4 is 32.8 Å². The molecule has 1 fully saturated rings. The second kappa shape index (κ2) is 6.20. The van der Waals surface area contributed by atoms with E-state index in [2.05, 4.69) is 26.6 Å². The highest BCUT2D eigenvalue weighted by Crippen LogP contribution is 2.28. The molecule has 2 N–H and O–H groups in total. The second-order valence-corrected chi connectivity index (χ2v) is 6.53. The van der Waals surface area contributed by atoms with Gasteiger partial charge in [0.05, 0.1) is 0 Å². The summed E-state index contributed by atoms with van der Waals surface area (Å²) < 4.78 is 6.69. The predicted octanol–water partition coefficient (Wildman–Crippen LogP) is 3.23. The van der Waals surface area contributed by atoms with E-state index in [1.807, 2.05) is 25.1 Å². The number of nitrogens with one attached hydrogen (secondary N) is 2. The number of hydrogen-bond acceptors (Lipinski definition) is 3. The molecule has 112 valence electrons. The second-order valence-electron chi connectivity index (χ2n) is 5.62. The zero-order valence-corrected chi connectivity index (χ0v) is 13.6. The molecule has 21 heavy (non-hydrogen) atoms. The smallest absolute Gasteiger partial charge is 0.287 e. The summed E-state index contributed by atoms with van der Waals surface area (Å²) >= 11 is 3.45. The molecule has 1 amide bonds. The van der Waals surface area contributed by atoms with Crippen molar-refractivity contribution in [2.75, 3.05) is 19.6 Å². The highest BCUT2D eigenvalue weighted by atomic mass is 79.9. The molecule has 1 unspecified atom stereocenters. The predicted molar refractivity (Wildman–Crippen MR) is 86.6 cm³/mol. The van der Waals surface area contributed by atoms with Crippen LogP contribution in [0, 0.1) is 12.8 Å². The summed E-state index contributed by atoms with van der Waals surface area (Å²) in [6.45, 7) is 4.69. The van der Waals surface area contributed by atoms with Crippen molar-refractivity contribution in [2.45, 2.75) is 19.8 Å². The summed E-state index contributed by atoms with van der Waals surface area (Å²) in [6, 6.07) is 5.78. The van der Waals surface area contributed by atoms with Gasteiger partial charge >= 0.3 is 0 Å². The van der Waals surface area contributed by atoms with Gasteiger partial charge in [0.2, 0.25) is 0 Å². The van der Waals surface area contributed by atoms with E-state index in [-0.39, 0.29) is 5.91 Å². The minimum Gasteiger partial charge on any atom is -0.451 e. The summed E-state index contributed by atoms with van der Waals surface area (Å²) in [5, 5.41) is 7.34. The summed E-state index contributed by atoms with van der Waals surface area (Å²) in [5.41, 5.74) is 1.64. The van der Waals surface area contributed by atoms with Crippen LogP contribution in [0.5, 0.6) is 0 Å². The van der Waals surface area contributed by atoms with Gasteiger partial charge in [0.25, 0.3) is 5.91 Å². The van der Waals surface area contributed by atoms with Crippen LogP contribution in [-0.4, -0.2) is 25.5 Å². The number of carbonyl (C=O) groups is 1. The highest BCUT2D eigenvalue weighted by Gasteiger charge is 2.19. The normalized spacial score (nSPS) is 18.9. The van der Waals surface area contributed by atoms with Crippen molar-refractivity contribution in [2.24, 2.45) is 5.92 Å². The van der Waals surface area contributed by atoms with Gasteiger partial charge in [0.1, 0.15) is 5.58 Å². The molecule has 4 nitrogen and oxygen atoms in total. The molecule has 0 radical (unpaired) electrons. The summed E-state index contributed by atoms with van der Waals surface area (Å²) in [4.78, 5) is 12.3. The Morgan fingerprint density at radius 3 is 3.14 bits per heavy atom. The lowest BCUT2D eigenvalue weighted by atomic mass is 10.00. The lowest BCUT2D eigenvalue weighted by Gasteiger charge is -2.22. The number of aryl methyl sites for hydroxylation is 1. The van der Waals surface area contributed by atoms with Crippen LogP contribution >= 0.6 is 15.9 Å². The fourth-order valence-electron chi connectivity index (χ4n) is 2.83. The van der Waals surface area contributed by atoms with E-state index >= 15 is 0 Å². The molecule has 1 aliphatic rings. The van der Waals surface area contributed by atoms with E-state index in [1.54, 1.807) is 0 Å². The molecule has 2 heterocycles. The van der Waals surface area contributed by atoms with Gasteiger partial charge in [-0.2, -0.15) is 0 Å². The number of amides is 1. The molecule has 0 aliphatic carbocycles. The first-order chi connectivity index (χ1) is 10.1. The van der Waals surface area contributed by atoms with Crippen molar-refractivity contribution in [3.05, 3.63) is 34.0 Å². The Labute approximate surface area is 132 Å². The minimum atomic E-state index is -0.120. The van der Waals surface area contributed by atoms with Crippen LogP contribution < -0.4 is 10.6 Å². The standard InChI is InChI=1S/C16H19BrN2O2/c1-10-13-7-12(17)4-5-14(13)21-15(10)16(20)19-9-11-3-2-6-18-8-11/h4-5,7,11,18H,2-3,6,8-9H2,1H3,(H,19,20). The monoisotopic (exact) mass is 350 g/mol. The molecule has 0 saturated carbocycles. The summed E-state index contributed by atoms with van der Waals surface area (Å²) in [5.74, 6) is 0.818. The number of piperidine rings is 1. The molecule has 0 spiro atoms. The van der Waals surface area contributed by atoms with Crippen LogP contribution in [0.4, 0.5) is 0 Å². The number of fused-ring (bicyclic) bond motifs is 1. The maximum absolute atomic E-state index is 12.3. The zero-order valence-electron chi connectivity index (χ0n) is 12.0. The van der Waals surface area contributed by atoms with Crippen molar-refractivity contribution in [3.8, 4) is 0 Å². The van der Waals surface area contributed by atoms with Crippen LogP contribution in [0.2, 0.25) is 0 Å². The minimum absolute atomic E-state index is 0.120. The molecule has 5 heteroatoms. The first kappa shape index (κ1) is 14.6. The molecule has 1 aromatic heterocycles. The lowest BCUT2D eigenvalue weighted by Crippen LogP contribution is -2.38. The van der Waals surface area contributed by atoms with E-state index in [9.17, 15) is 4.79 Å². The number of rotatable bonds is 3. The number of furan rings is 1. The molecular formula is C16H19BrN2O2. The number of hydrogen-bond donors (Lipinski definition) is 2. The van der Waals surface area contributed by atoms with E-state index < -0.39 is 0 Å². The fraction of sp³-hybridized carbons (Fsp3) is 0.438. The number of benzene rings is 1. The van der Waals surface area contributed by atoms with E-state index in [1.165, 1.54) is 12.8 Å². The average molecular weight is 351 g/mol. The SMILES string of the molecule is Cc1c(C(=O)NCC2CCCNC2)oc2ccc(Br)cc12. The van der Waals surface area contributed by atoms with Gasteiger partial charge in [-0.15, -0.1) is 0 Å². The Bertz CT molecular complexity index is 660. The third kappa shape index (κ3) is 3.14. The van der Waals surface area contributed by atoms with Crippen molar-refractivity contribution in [3.63, 3.8) is 0 Å². The lowest BCUT2D eigenvalue weighted by molar-refractivity contribution is 0.0918. The van der Waals surface area contributed by atoms with Crippen LogP contribution in [0.25, 0.3) is 11.0 Å². The quantitative estimate of drug-likeness (QED) is 0.893. The molecule has 1 atom stereocenters. The Kier molecular flexibility index (Phi) is 4.31. The average Bonchev–Trinajstić information content (AvgIpc) is 2.83. The van der Waals surface area contributed by atoms with Gasteiger partial charge in [0, 0.05) is 22.0 Å². The molecule has 3 rings (SSSR count). The molecule has 1 aliphatic heterocycles.